The largest absolute Gasteiger partial charge is 0.294 e. The molecule has 0 aliphatic heterocycles. The van der Waals surface area contributed by atoms with E-state index in [1.807, 2.05) is 32.0 Å². The number of nitrogens with zero attached hydrogens (tertiary/aromatic N) is 5. The fourth-order valence-corrected chi connectivity index (χ4v) is 3.12. The van der Waals surface area contributed by atoms with Gasteiger partial charge >= 0.3 is 0 Å². The Labute approximate surface area is 159 Å². The molecule has 2 aromatic heterocycles. The van der Waals surface area contributed by atoms with E-state index < -0.39 is 4.92 Å². The Balaban J connectivity index is 1.73. The molecule has 0 aliphatic carbocycles. The van der Waals surface area contributed by atoms with Gasteiger partial charge in [0.25, 0.3) is 11.2 Å². The number of nitro groups is 1. The van der Waals surface area contributed by atoms with Gasteiger partial charge in [-0.15, -0.1) is 0 Å². The summed E-state index contributed by atoms with van der Waals surface area (Å²) in [6.07, 6.45) is 3.01. The van der Waals surface area contributed by atoms with Crippen LogP contribution >= 0.6 is 0 Å². The molecule has 0 fully saturated rings. The summed E-state index contributed by atoms with van der Waals surface area (Å²) >= 11 is 0. The van der Waals surface area contributed by atoms with Crippen molar-refractivity contribution in [1.82, 2.24) is 19.3 Å². The molecule has 28 heavy (non-hydrogen) atoms. The van der Waals surface area contributed by atoms with E-state index in [1.165, 1.54) is 29.2 Å². The van der Waals surface area contributed by atoms with Gasteiger partial charge in [0.05, 0.1) is 23.4 Å². The van der Waals surface area contributed by atoms with Crippen LogP contribution in [0.15, 0.2) is 59.8 Å². The molecule has 2 aromatic carbocycles. The van der Waals surface area contributed by atoms with Crippen molar-refractivity contribution in [1.29, 1.82) is 0 Å². The zero-order chi connectivity index (χ0) is 19.8. The SMILES string of the molecule is Cc1cccc(-n2ncc3c(=O)n(Cc4ccc([N+](=O)[O-])cc4)cnc32)c1C. The summed E-state index contributed by atoms with van der Waals surface area (Å²) in [6.45, 7) is 4.30. The van der Waals surface area contributed by atoms with Gasteiger partial charge in [0.2, 0.25) is 0 Å². The van der Waals surface area contributed by atoms with Crippen LogP contribution in [0.5, 0.6) is 0 Å². The minimum atomic E-state index is -0.453. The van der Waals surface area contributed by atoms with Crippen molar-refractivity contribution in [3.05, 3.63) is 92.1 Å². The van der Waals surface area contributed by atoms with E-state index in [1.54, 1.807) is 16.8 Å². The Kier molecular flexibility index (Phi) is 4.23. The third-order valence-corrected chi connectivity index (χ3v) is 4.86. The zero-order valence-electron chi connectivity index (χ0n) is 15.4. The quantitative estimate of drug-likeness (QED) is 0.403. The topological polar surface area (TPSA) is 95.8 Å². The average Bonchev–Trinajstić information content (AvgIpc) is 3.11. The van der Waals surface area contributed by atoms with Crippen molar-refractivity contribution >= 4 is 16.7 Å². The van der Waals surface area contributed by atoms with Crippen LogP contribution in [0.1, 0.15) is 16.7 Å². The average molecular weight is 375 g/mol. The maximum absolute atomic E-state index is 12.9. The fraction of sp³-hybridized carbons (Fsp3) is 0.150. The van der Waals surface area contributed by atoms with Crippen molar-refractivity contribution in [2.45, 2.75) is 20.4 Å². The van der Waals surface area contributed by atoms with Crippen molar-refractivity contribution < 1.29 is 4.92 Å². The maximum atomic E-state index is 12.9. The second kappa shape index (κ2) is 6.73. The lowest BCUT2D eigenvalue weighted by atomic mass is 10.1. The first-order valence-electron chi connectivity index (χ1n) is 8.69. The molecule has 8 heteroatoms. The predicted molar refractivity (Wildman–Crippen MR) is 105 cm³/mol. The number of aryl methyl sites for hydroxylation is 1. The van der Waals surface area contributed by atoms with Gasteiger partial charge in [0.1, 0.15) is 11.7 Å². The first kappa shape index (κ1) is 17.6. The molecule has 0 radical (unpaired) electrons. The maximum Gasteiger partial charge on any atom is 0.269 e. The number of nitro benzene ring substituents is 1. The lowest BCUT2D eigenvalue weighted by Crippen LogP contribution is -2.21. The third-order valence-electron chi connectivity index (χ3n) is 4.86. The van der Waals surface area contributed by atoms with E-state index in [0.717, 1.165) is 22.4 Å². The van der Waals surface area contributed by atoms with Crippen LogP contribution < -0.4 is 5.56 Å². The van der Waals surface area contributed by atoms with Crippen LogP contribution in [0.25, 0.3) is 16.7 Å². The van der Waals surface area contributed by atoms with Gasteiger partial charge < -0.3 is 0 Å². The van der Waals surface area contributed by atoms with Gasteiger partial charge in [-0.1, -0.05) is 24.3 Å². The number of aromatic nitrogens is 4. The molecule has 0 amide bonds. The Bertz CT molecular complexity index is 1260. The summed E-state index contributed by atoms with van der Waals surface area (Å²) < 4.78 is 3.15. The van der Waals surface area contributed by atoms with Crippen LogP contribution in [0.4, 0.5) is 5.69 Å². The highest BCUT2D eigenvalue weighted by atomic mass is 16.6. The van der Waals surface area contributed by atoms with Crippen LogP contribution in [0.2, 0.25) is 0 Å². The molecule has 0 saturated heterocycles. The second-order valence-electron chi connectivity index (χ2n) is 6.61. The predicted octanol–water partition coefficient (Wildman–Crippen LogP) is 3.16. The summed E-state index contributed by atoms with van der Waals surface area (Å²) in [5.74, 6) is 0. The lowest BCUT2D eigenvalue weighted by molar-refractivity contribution is -0.384. The molecule has 4 aromatic rings. The molecule has 0 N–H and O–H groups in total. The molecule has 140 valence electrons. The highest BCUT2D eigenvalue weighted by Crippen LogP contribution is 2.20. The summed E-state index contributed by atoms with van der Waals surface area (Å²) in [6, 6.07) is 12.0. The van der Waals surface area contributed by atoms with Crippen molar-refractivity contribution in [2.24, 2.45) is 0 Å². The number of hydrogen-bond acceptors (Lipinski definition) is 5. The Morgan fingerprint density at radius 3 is 2.57 bits per heavy atom. The molecular weight excluding hydrogens is 358 g/mol. The molecule has 0 atom stereocenters. The van der Waals surface area contributed by atoms with Gasteiger partial charge in [-0.3, -0.25) is 19.5 Å². The molecule has 2 heterocycles. The molecular formula is C20H17N5O3. The van der Waals surface area contributed by atoms with Gasteiger partial charge in [-0.05, 0) is 36.6 Å². The zero-order valence-corrected chi connectivity index (χ0v) is 15.4. The highest BCUT2D eigenvalue weighted by molar-refractivity contribution is 5.75. The van der Waals surface area contributed by atoms with Crippen LogP contribution in [0.3, 0.4) is 0 Å². The van der Waals surface area contributed by atoms with Crippen LogP contribution in [-0.4, -0.2) is 24.3 Å². The Hall–Kier alpha value is -3.81. The Morgan fingerprint density at radius 1 is 1.11 bits per heavy atom. The van der Waals surface area contributed by atoms with Gasteiger partial charge in [-0.25, -0.2) is 9.67 Å². The second-order valence-corrected chi connectivity index (χ2v) is 6.61. The summed E-state index contributed by atoms with van der Waals surface area (Å²) in [4.78, 5) is 27.6. The molecule has 0 aliphatic rings. The van der Waals surface area contributed by atoms with Gasteiger partial charge in [0.15, 0.2) is 5.65 Å². The molecule has 0 saturated carbocycles. The number of fused-ring (bicyclic) bond motifs is 1. The van der Waals surface area contributed by atoms with Crippen LogP contribution in [-0.2, 0) is 6.54 Å². The highest BCUT2D eigenvalue weighted by Gasteiger charge is 2.14. The standard InChI is InChI=1S/C20H17N5O3/c1-13-4-3-5-18(14(13)2)24-19-17(10-22-24)20(26)23(12-21-19)11-15-6-8-16(9-7-15)25(27)28/h3-10,12H,11H2,1-2H3. The molecule has 0 unspecified atom stereocenters. The van der Waals surface area contributed by atoms with Gasteiger partial charge in [-0.2, -0.15) is 5.10 Å². The Morgan fingerprint density at radius 2 is 1.86 bits per heavy atom. The van der Waals surface area contributed by atoms with Crippen molar-refractivity contribution in [3.8, 4) is 5.69 Å². The van der Waals surface area contributed by atoms with Crippen molar-refractivity contribution in [2.75, 3.05) is 0 Å². The van der Waals surface area contributed by atoms with Crippen molar-refractivity contribution in [3.63, 3.8) is 0 Å². The number of benzene rings is 2. The third kappa shape index (κ3) is 2.94. The molecule has 8 nitrogen and oxygen atoms in total. The minimum Gasteiger partial charge on any atom is -0.294 e. The summed E-state index contributed by atoms with van der Waals surface area (Å²) in [7, 11) is 0. The lowest BCUT2D eigenvalue weighted by Gasteiger charge is -2.10. The number of hydrogen-bond donors (Lipinski definition) is 0. The molecule has 4 rings (SSSR count). The molecule has 0 spiro atoms. The summed E-state index contributed by atoms with van der Waals surface area (Å²) in [5.41, 5.74) is 4.17. The number of non-ortho nitro benzene ring substituents is 1. The van der Waals surface area contributed by atoms with Gasteiger partial charge in [0, 0.05) is 12.1 Å². The van der Waals surface area contributed by atoms with E-state index in [0.29, 0.717) is 11.0 Å². The fourth-order valence-electron chi connectivity index (χ4n) is 3.12. The smallest absolute Gasteiger partial charge is 0.269 e. The minimum absolute atomic E-state index is 0.0134. The normalized spacial score (nSPS) is 11.1. The van der Waals surface area contributed by atoms with Crippen LogP contribution in [0, 0.1) is 24.0 Å². The van der Waals surface area contributed by atoms with E-state index >= 15 is 0 Å². The van der Waals surface area contributed by atoms with E-state index in [4.69, 9.17) is 0 Å². The summed E-state index contributed by atoms with van der Waals surface area (Å²) in [5, 5.41) is 15.6. The van der Waals surface area contributed by atoms with E-state index in [2.05, 4.69) is 10.1 Å². The monoisotopic (exact) mass is 375 g/mol. The first-order chi connectivity index (χ1) is 13.5. The number of rotatable bonds is 4. The van der Waals surface area contributed by atoms with E-state index in [-0.39, 0.29) is 17.8 Å². The molecule has 0 bridgehead atoms. The van der Waals surface area contributed by atoms with E-state index in [9.17, 15) is 14.9 Å². The first-order valence-corrected chi connectivity index (χ1v) is 8.69.